The van der Waals surface area contributed by atoms with Crippen LogP contribution < -0.4 is 5.32 Å². The van der Waals surface area contributed by atoms with Gasteiger partial charge in [0.15, 0.2) is 0 Å². The van der Waals surface area contributed by atoms with Gasteiger partial charge in [-0.15, -0.1) is 11.3 Å². The zero-order valence-electron chi connectivity index (χ0n) is 16.1. The first-order valence-electron chi connectivity index (χ1n) is 9.84. The topological polar surface area (TPSA) is 75.1 Å². The third kappa shape index (κ3) is 4.71. The summed E-state index contributed by atoms with van der Waals surface area (Å²) in [4.78, 5) is 22.1. The van der Waals surface area contributed by atoms with Crippen molar-refractivity contribution >= 4 is 22.9 Å². The van der Waals surface area contributed by atoms with Crippen molar-refractivity contribution in [2.75, 3.05) is 5.32 Å². The van der Waals surface area contributed by atoms with Crippen LogP contribution in [0.1, 0.15) is 39.2 Å². The van der Waals surface area contributed by atoms with Crippen molar-refractivity contribution < 1.29 is 9.90 Å². The van der Waals surface area contributed by atoms with Crippen LogP contribution in [0, 0.1) is 12.8 Å². The minimum Gasteiger partial charge on any atom is -0.393 e. The van der Waals surface area contributed by atoms with Crippen LogP contribution in [0.3, 0.4) is 0 Å². The van der Waals surface area contributed by atoms with Crippen molar-refractivity contribution in [3.63, 3.8) is 0 Å². The van der Waals surface area contributed by atoms with Gasteiger partial charge in [-0.2, -0.15) is 0 Å². The van der Waals surface area contributed by atoms with Gasteiger partial charge in [0.05, 0.1) is 16.5 Å². The summed E-state index contributed by atoms with van der Waals surface area (Å²) in [5.41, 5.74) is 2.91. The van der Waals surface area contributed by atoms with E-state index in [0.29, 0.717) is 22.7 Å². The second-order valence-corrected chi connectivity index (χ2v) is 8.47. The molecule has 29 heavy (non-hydrogen) atoms. The largest absolute Gasteiger partial charge is 0.393 e. The molecule has 6 heteroatoms. The van der Waals surface area contributed by atoms with Crippen LogP contribution in [0.2, 0.25) is 0 Å². The van der Waals surface area contributed by atoms with E-state index in [9.17, 15) is 9.90 Å². The Morgan fingerprint density at radius 1 is 1.21 bits per heavy atom. The molecular weight excluding hydrogens is 382 g/mol. The first-order valence-corrected chi connectivity index (χ1v) is 10.7. The quantitative estimate of drug-likeness (QED) is 0.581. The minimum absolute atomic E-state index is 0.00189. The second-order valence-electron chi connectivity index (χ2n) is 7.56. The molecule has 1 aliphatic rings. The molecule has 1 radical (unpaired) electrons. The Morgan fingerprint density at radius 3 is 2.76 bits per heavy atom. The van der Waals surface area contributed by atoms with E-state index in [-0.39, 0.29) is 17.7 Å². The van der Waals surface area contributed by atoms with Gasteiger partial charge >= 0.3 is 0 Å². The Bertz CT molecular complexity index is 963. The number of carbonyl (C=O) groups is 1. The van der Waals surface area contributed by atoms with E-state index in [4.69, 9.17) is 0 Å². The number of aryl methyl sites for hydroxylation is 2. The highest BCUT2D eigenvalue weighted by Gasteiger charge is 2.31. The Balaban J connectivity index is 1.45. The number of thiophene rings is 1. The molecule has 5 nitrogen and oxygen atoms in total. The van der Waals surface area contributed by atoms with Crippen LogP contribution in [0.25, 0.3) is 0 Å². The standard InChI is InChI=1S/C23H24N3O2S/c1-15-9-18(11-20(15)27)26-23-19(12-24-14-25-23)22(28)21-10-17(13-29-21)8-7-16-5-3-2-4-6-16/h2-6,10,12-15,18,20,27H,1,7-9,11H2,(H,24,25,26)/t15-,18-,20+/m1/s1. The van der Waals surface area contributed by atoms with E-state index in [0.717, 1.165) is 24.8 Å². The van der Waals surface area contributed by atoms with Crippen LogP contribution in [0.4, 0.5) is 5.82 Å². The minimum atomic E-state index is -0.419. The van der Waals surface area contributed by atoms with E-state index in [1.165, 1.54) is 23.2 Å². The molecular formula is C23H24N3O2S. The van der Waals surface area contributed by atoms with E-state index < -0.39 is 6.10 Å². The SMILES string of the molecule is [CH2][C@@H]1C[C@@H](Nc2ncncc2C(=O)c2cc(CCc3ccccc3)cs2)C[C@@H]1O. The monoisotopic (exact) mass is 406 g/mol. The summed E-state index contributed by atoms with van der Waals surface area (Å²) in [6, 6.07) is 12.4. The number of rotatable bonds is 7. The Kier molecular flexibility index (Phi) is 6.02. The molecule has 0 spiro atoms. The number of ketones is 1. The number of carbonyl (C=O) groups excluding carboxylic acids is 1. The summed E-state index contributed by atoms with van der Waals surface area (Å²) in [7, 11) is 0. The van der Waals surface area contributed by atoms with Crippen molar-refractivity contribution in [2.24, 2.45) is 5.92 Å². The molecule has 2 N–H and O–H groups in total. The van der Waals surface area contributed by atoms with Gasteiger partial charge < -0.3 is 10.4 Å². The van der Waals surface area contributed by atoms with Gasteiger partial charge in [-0.3, -0.25) is 4.79 Å². The van der Waals surface area contributed by atoms with Crippen molar-refractivity contribution in [1.29, 1.82) is 0 Å². The fraction of sp³-hybridized carbons (Fsp3) is 0.304. The van der Waals surface area contributed by atoms with Gasteiger partial charge in [-0.1, -0.05) is 30.3 Å². The van der Waals surface area contributed by atoms with Crippen molar-refractivity contribution in [3.8, 4) is 0 Å². The Hall–Kier alpha value is -2.57. The number of aliphatic hydroxyl groups excluding tert-OH is 1. The van der Waals surface area contributed by atoms with Gasteiger partial charge in [0, 0.05) is 12.2 Å². The van der Waals surface area contributed by atoms with Crippen LogP contribution in [0.15, 0.2) is 54.3 Å². The van der Waals surface area contributed by atoms with Gasteiger partial charge in [-0.25, -0.2) is 9.97 Å². The fourth-order valence-electron chi connectivity index (χ4n) is 3.72. The summed E-state index contributed by atoms with van der Waals surface area (Å²) in [5.74, 6) is 0.447. The number of nitrogens with zero attached hydrogens (tertiary/aromatic N) is 2. The van der Waals surface area contributed by atoms with Crippen LogP contribution >= 0.6 is 11.3 Å². The van der Waals surface area contributed by atoms with Crippen LogP contribution in [-0.4, -0.2) is 33.0 Å². The van der Waals surface area contributed by atoms with E-state index in [1.54, 1.807) is 6.20 Å². The summed E-state index contributed by atoms with van der Waals surface area (Å²) < 4.78 is 0. The third-order valence-corrected chi connectivity index (χ3v) is 6.36. The highest BCUT2D eigenvalue weighted by atomic mass is 32.1. The highest BCUT2D eigenvalue weighted by molar-refractivity contribution is 7.12. The van der Waals surface area contributed by atoms with Crippen molar-refractivity contribution in [3.05, 3.63) is 82.8 Å². The summed E-state index contributed by atoms with van der Waals surface area (Å²) >= 11 is 1.46. The molecule has 3 aromatic rings. The molecule has 149 valence electrons. The number of aliphatic hydroxyl groups is 1. The maximum atomic E-state index is 13.1. The normalized spacial score (nSPS) is 21.2. The molecule has 3 atom stereocenters. The molecule has 4 rings (SSSR count). The average Bonchev–Trinajstić information content (AvgIpc) is 3.33. The first-order chi connectivity index (χ1) is 14.1. The van der Waals surface area contributed by atoms with Crippen molar-refractivity contribution in [2.45, 2.75) is 37.8 Å². The van der Waals surface area contributed by atoms with E-state index >= 15 is 0 Å². The predicted molar refractivity (Wildman–Crippen MR) is 115 cm³/mol. The fourth-order valence-corrected chi connectivity index (χ4v) is 4.62. The number of anilines is 1. The number of nitrogens with one attached hydrogen (secondary N) is 1. The van der Waals surface area contributed by atoms with Gasteiger partial charge in [0.1, 0.15) is 12.1 Å². The summed E-state index contributed by atoms with van der Waals surface area (Å²) in [6.07, 6.45) is 5.78. The third-order valence-electron chi connectivity index (χ3n) is 5.38. The lowest BCUT2D eigenvalue weighted by atomic mass is 10.1. The molecule has 0 aliphatic heterocycles. The number of hydrogen-bond acceptors (Lipinski definition) is 6. The summed E-state index contributed by atoms with van der Waals surface area (Å²) in [6.45, 7) is 3.97. The molecule has 2 aromatic heterocycles. The molecule has 0 saturated heterocycles. The Morgan fingerprint density at radius 2 is 2.00 bits per heavy atom. The second kappa shape index (κ2) is 8.84. The first kappa shape index (κ1) is 19.7. The number of hydrogen-bond donors (Lipinski definition) is 2. The average molecular weight is 407 g/mol. The number of aromatic nitrogens is 2. The molecule has 1 aromatic carbocycles. The van der Waals surface area contributed by atoms with Gasteiger partial charge in [0.2, 0.25) is 5.78 Å². The molecule has 1 fully saturated rings. The smallest absolute Gasteiger partial charge is 0.208 e. The zero-order valence-corrected chi connectivity index (χ0v) is 16.9. The molecule has 1 aliphatic carbocycles. The lowest BCUT2D eigenvalue weighted by molar-refractivity contribution is 0.104. The lowest BCUT2D eigenvalue weighted by Gasteiger charge is -2.15. The molecule has 0 bridgehead atoms. The lowest BCUT2D eigenvalue weighted by Crippen LogP contribution is -2.20. The molecule has 0 unspecified atom stereocenters. The van der Waals surface area contributed by atoms with Crippen LogP contribution in [-0.2, 0) is 12.8 Å². The Labute approximate surface area is 174 Å². The van der Waals surface area contributed by atoms with E-state index in [2.05, 4.69) is 34.3 Å². The highest BCUT2D eigenvalue weighted by Crippen LogP contribution is 2.29. The summed E-state index contributed by atoms with van der Waals surface area (Å²) in [5, 5.41) is 15.3. The number of benzene rings is 1. The van der Waals surface area contributed by atoms with Crippen LogP contribution in [0.5, 0.6) is 0 Å². The zero-order chi connectivity index (χ0) is 20.2. The molecule has 0 amide bonds. The predicted octanol–water partition coefficient (Wildman–Crippen LogP) is 3.94. The molecule has 2 heterocycles. The molecule has 1 saturated carbocycles. The van der Waals surface area contributed by atoms with E-state index in [1.807, 2.05) is 29.6 Å². The van der Waals surface area contributed by atoms with Gasteiger partial charge in [0.25, 0.3) is 0 Å². The van der Waals surface area contributed by atoms with Gasteiger partial charge in [-0.05, 0) is 61.1 Å². The maximum Gasteiger partial charge on any atom is 0.208 e. The van der Waals surface area contributed by atoms with Crippen molar-refractivity contribution in [1.82, 2.24) is 9.97 Å². The maximum absolute atomic E-state index is 13.1.